The number of carbonyl (C=O) groups is 1. The molecule has 3 rings (SSSR count). The Hall–Kier alpha value is -2.73. The molecule has 6 heteroatoms. The number of anilines is 3. The molecular formula is C19H24N4O2. The zero-order valence-corrected chi connectivity index (χ0v) is 14.6. The van der Waals surface area contributed by atoms with Crippen LogP contribution in [-0.2, 0) is 11.3 Å². The number of carbonyl (C=O) groups excluding carboxylic acids is 1. The summed E-state index contributed by atoms with van der Waals surface area (Å²) in [6.45, 7) is 3.78. The molecule has 132 valence electrons. The van der Waals surface area contributed by atoms with Gasteiger partial charge in [-0.3, -0.25) is 5.32 Å². The molecule has 0 aliphatic carbocycles. The standard InChI is InChI=1S/C19H24N4O2/c1-3-25-19(24)22-14-6-4-5-12(7-14)16-10-23(2)11-17-15(16)8-13(20)9-18(17)21/h4-9,16H,3,10-11,20-21H2,1-2H3,(H,22,24). The van der Waals surface area contributed by atoms with Gasteiger partial charge in [0.1, 0.15) is 0 Å². The molecule has 25 heavy (non-hydrogen) atoms. The number of benzene rings is 2. The number of rotatable bonds is 3. The molecule has 1 heterocycles. The topological polar surface area (TPSA) is 93.6 Å². The lowest BCUT2D eigenvalue weighted by atomic mass is 9.83. The number of hydrogen-bond acceptors (Lipinski definition) is 5. The number of fused-ring (bicyclic) bond motifs is 1. The molecule has 0 saturated heterocycles. The van der Waals surface area contributed by atoms with Crippen molar-refractivity contribution < 1.29 is 9.53 Å². The summed E-state index contributed by atoms with van der Waals surface area (Å²) in [7, 11) is 2.08. The van der Waals surface area contributed by atoms with E-state index >= 15 is 0 Å². The van der Waals surface area contributed by atoms with Crippen molar-refractivity contribution in [3.63, 3.8) is 0 Å². The zero-order chi connectivity index (χ0) is 18.0. The molecule has 1 aliphatic rings. The van der Waals surface area contributed by atoms with Gasteiger partial charge in [0.25, 0.3) is 0 Å². The third-order valence-electron chi connectivity index (χ3n) is 4.45. The number of ether oxygens (including phenoxy) is 1. The van der Waals surface area contributed by atoms with Crippen molar-refractivity contribution in [3.05, 3.63) is 53.1 Å². The summed E-state index contributed by atoms with van der Waals surface area (Å²) >= 11 is 0. The number of nitrogen functional groups attached to an aromatic ring is 2. The van der Waals surface area contributed by atoms with Crippen LogP contribution in [0.2, 0.25) is 0 Å². The van der Waals surface area contributed by atoms with Gasteiger partial charge in [0, 0.05) is 36.1 Å². The average molecular weight is 340 g/mol. The van der Waals surface area contributed by atoms with Crippen LogP contribution >= 0.6 is 0 Å². The molecule has 6 nitrogen and oxygen atoms in total. The largest absolute Gasteiger partial charge is 0.450 e. The second-order valence-electron chi connectivity index (χ2n) is 6.40. The van der Waals surface area contributed by atoms with Crippen LogP contribution < -0.4 is 16.8 Å². The van der Waals surface area contributed by atoms with E-state index in [1.165, 1.54) is 0 Å². The Labute approximate surface area is 147 Å². The monoisotopic (exact) mass is 340 g/mol. The lowest BCUT2D eigenvalue weighted by Crippen LogP contribution is -2.31. The van der Waals surface area contributed by atoms with Crippen molar-refractivity contribution in [2.24, 2.45) is 0 Å². The SMILES string of the molecule is CCOC(=O)Nc1cccc(C2CN(C)Cc3c(N)cc(N)cc32)c1. The minimum absolute atomic E-state index is 0.142. The van der Waals surface area contributed by atoms with Gasteiger partial charge in [0.2, 0.25) is 0 Å². The number of nitrogens with two attached hydrogens (primary N) is 2. The van der Waals surface area contributed by atoms with Crippen molar-refractivity contribution in [2.45, 2.75) is 19.4 Å². The first kappa shape index (κ1) is 17.1. The van der Waals surface area contributed by atoms with E-state index < -0.39 is 6.09 Å². The lowest BCUT2D eigenvalue weighted by molar-refractivity contribution is 0.168. The van der Waals surface area contributed by atoms with E-state index in [0.29, 0.717) is 18.0 Å². The number of likely N-dealkylation sites (N-methyl/N-ethyl adjacent to an activating group) is 1. The smallest absolute Gasteiger partial charge is 0.411 e. The molecule has 0 aromatic heterocycles. The molecule has 1 aliphatic heterocycles. The van der Waals surface area contributed by atoms with Crippen LogP contribution in [0, 0.1) is 0 Å². The van der Waals surface area contributed by atoms with Crippen LogP contribution in [-0.4, -0.2) is 31.2 Å². The first-order valence-electron chi connectivity index (χ1n) is 8.38. The van der Waals surface area contributed by atoms with Gasteiger partial charge in [-0.05, 0) is 54.9 Å². The number of nitrogens with zero attached hydrogens (tertiary/aromatic N) is 1. The van der Waals surface area contributed by atoms with E-state index in [1.54, 1.807) is 6.92 Å². The van der Waals surface area contributed by atoms with Gasteiger partial charge < -0.3 is 21.1 Å². The maximum absolute atomic E-state index is 11.7. The van der Waals surface area contributed by atoms with Crippen molar-refractivity contribution in [2.75, 3.05) is 37.0 Å². The third kappa shape index (κ3) is 3.69. The fourth-order valence-corrected chi connectivity index (χ4v) is 3.38. The predicted molar refractivity (Wildman–Crippen MR) is 101 cm³/mol. The Morgan fingerprint density at radius 3 is 2.88 bits per heavy atom. The summed E-state index contributed by atoms with van der Waals surface area (Å²) in [5.41, 5.74) is 17.7. The van der Waals surface area contributed by atoms with Crippen LogP contribution in [0.1, 0.15) is 29.5 Å². The highest BCUT2D eigenvalue weighted by atomic mass is 16.5. The summed E-state index contributed by atoms with van der Waals surface area (Å²) in [5.74, 6) is 0.142. The molecule has 1 atom stereocenters. The van der Waals surface area contributed by atoms with Gasteiger partial charge in [0.15, 0.2) is 0 Å². The van der Waals surface area contributed by atoms with E-state index in [2.05, 4.69) is 23.3 Å². The number of amides is 1. The maximum atomic E-state index is 11.7. The molecule has 2 aromatic carbocycles. The summed E-state index contributed by atoms with van der Waals surface area (Å²) in [4.78, 5) is 13.9. The van der Waals surface area contributed by atoms with Crippen LogP contribution in [0.15, 0.2) is 36.4 Å². The second kappa shape index (κ2) is 7.03. The number of hydrogen-bond donors (Lipinski definition) is 3. The van der Waals surface area contributed by atoms with Crippen molar-refractivity contribution >= 4 is 23.2 Å². The third-order valence-corrected chi connectivity index (χ3v) is 4.45. The fraction of sp³-hybridized carbons (Fsp3) is 0.316. The van der Waals surface area contributed by atoms with Crippen LogP contribution in [0.3, 0.4) is 0 Å². The highest BCUT2D eigenvalue weighted by molar-refractivity contribution is 5.84. The van der Waals surface area contributed by atoms with E-state index in [1.807, 2.05) is 30.3 Å². The molecule has 0 saturated carbocycles. The minimum atomic E-state index is -0.450. The van der Waals surface area contributed by atoms with Crippen LogP contribution in [0.25, 0.3) is 0 Å². The van der Waals surface area contributed by atoms with E-state index in [0.717, 1.165) is 35.5 Å². The van der Waals surface area contributed by atoms with Crippen molar-refractivity contribution in [1.29, 1.82) is 0 Å². The number of nitrogens with one attached hydrogen (secondary N) is 1. The Bertz CT molecular complexity index is 791. The van der Waals surface area contributed by atoms with Gasteiger partial charge in [-0.2, -0.15) is 0 Å². The quantitative estimate of drug-likeness (QED) is 0.747. The molecular weight excluding hydrogens is 316 g/mol. The van der Waals surface area contributed by atoms with E-state index in [-0.39, 0.29) is 5.92 Å². The molecule has 0 fully saturated rings. The van der Waals surface area contributed by atoms with Crippen molar-refractivity contribution in [1.82, 2.24) is 4.90 Å². The summed E-state index contributed by atoms with van der Waals surface area (Å²) in [6.07, 6.45) is -0.450. The molecule has 1 amide bonds. The Morgan fingerprint density at radius 1 is 1.32 bits per heavy atom. The Kier molecular flexibility index (Phi) is 4.81. The molecule has 2 aromatic rings. The maximum Gasteiger partial charge on any atom is 0.411 e. The summed E-state index contributed by atoms with van der Waals surface area (Å²) in [5, 5.41) is 2.76. The lowest BCUT2D eigenvalue weighted by Gasteiger charge is -2.33. The zero-order valence-electron chi connectivity index (χ0n) is 14.6. The van der Waals surface area contributed by atoms with E-state index in [9.17, 15) is 4.79 Å². The molecule has 1 unspecified atom stereocenters. The fourth-order valence-electron chi connectivity index (χ4n) is 3.38. The molecule has 0 spiro atoms. The summed E-state index contributed by atoms with van der Waals surface area (Å²) in [6, 6.07) is 11.6. The minimum Gasteiger partial charge on any atom is -0.450 e. The van der Waals surface area contributed by atoms with Crippen LogP contribution in [0.5, 0.6) is 0 Å². The first-order chi connectivity index (χ1) is 12.0. The molecule has 0 radical (unpaired) electrons. The van der Waals surface area contributed by atoms with Crippen LogP contribution in [0.4, 0.5) is 21.9 Å². The van der Waals surface area contributed by atoms with Gasteiger partial charge in [-0.15, -0.1) is 0 Å². The average Bonchev–Trinajstić information content (AvgIpc) is 2.55. The highest BCUT2D eigenvalue weighted by Gasteiger charge is 2.27. The Morgan fingerprint density at radius 2 is 2.12 bits per heavy atom. The normalized spacial score (nSPS) is 17.0. The molecule has 0 bridgehead atoms. The first-order valence-corrected chi connectivity index (χ1v) is 8.38. The van der Waals surface area contributed by atoms with Crippen molar-refractivity contribution in [3.8, 4) is 0 Å². The Balaban J connectivity index is 1.96. The predicted octanol–water partition coefficient (Wildman–Crippen LogP) is 3.00. The highest BCUT2D eigenvalue weighted by Crippen LogP contribution is 2.37. The van der Waals surface area contributed by atoms with Gasteiger partial charge in [-0.1, -0.05) is 12.1 Å². The molecule has 5 N–H and O–H groups in total. The van der Waals surface area contributed by atoms with Gasteiger partial charge in [0.05, 0.1) is 6.61 Å². The summed E-state index contributed by atoms with van der Waals surface area (Å²) < 4.78 is 4.94. The van der Waals surface area contributed by atoms with Gasteiger partial charge in [-0.25, -0.2) is 4.79 Å². The van der Waals surface area contributed by atoms with E-state index in [4.69, 9.17) is 16.2 Å². The van der Waals surface area contributed by atoms with Gasteiger partial charge >= 0.3 is 6.09 Å². The second-order valence-corrected chi connectivity index (χ2v) is 6.40.